The number of hydrogen-bond donors (Lipinski definition) is 2. The molecule has 1 heterocycles. The third-order valence-corrected chi connectivity index (χ3v) is 4.63. The lowest BCUT2D eigenvalue weighted by Gasteiger charge is -2.50. The van der Waals surface area contributed by atoms with Crippen molar-refractivity contribution in [2.45, 2.75) is 43.9 Å². The lowest BCUT2D eigenvalue weighted by Crippen LogP contribution is -2.63. The number of methoxy groups -OCH3 is 1. The lowest BCUT2D eigenvalue weighted by atomic mass is 9.70. The first-order valence-electron chi connectivity index (χ1n) is 8.18. The Morgan fingerprint density at radius 3 is 3.00 bits per heavy atom. The van der Waals surface area contributed by atoms with Crippen molar-refractivity contribution < 1.29 is 14.2 Å². The van der Waals surface area contributed by atoms with E-state index < -0.39 is 0 Å². The number of nitrogens with zero attached hydrogens (tertiary/aromatic N) is 1. The minimum Gasteiger partial charge on any atom is -0.497 e. The molecule has 1 aromatic rings. The summed E-state index contributed by atoms with van der Waals surface area (Å²) in [5.41, 5.74) is 6.65. The summed E-state index contributed by atoms with van der Waals surface area (Å²) in [6, 6.07) is 7.66. The van der Waals surface area contributed by atoms with Gasteiger partial charge in [-0.05, 0) is 31.9 Å². The third kappa shape index (κ3) is 3.78. The minimum absolute atomic E-state index is 0. The molecule has 0 amide bonds. The Bertz CT molecular complexity index is 576. The molecule has 1 aliphatic carbocycles. The number of rotatable bonds is 5. The molecule has 3 rings (SSSR count). The van der Waals surface area contributed by atoms with Crippen LogP contribution in [0.15, 0.2) is 29.3 Å². The van der Waals surface area contributed by atoms with Gasteiger partial charge in [-0.3, -0.25) is 0 Å². The van der Waals surface area contributed by atoms with Crippen LogP contribution >= 0.6 is 24.0 Å². The maximum absolute atomic E-state index is 6.08. The first kappa shape index (κ1) is 19.3. The molecule has 1 saturated carbocycles. The van der Waals surface area contributed by atoms with Gasteiger partial charge in [0.05, 0.1) is 19.3 Å². The average molecular weight is 447 g/mol. The number of halogens is 1. The summed E-state index contributed by atoms with van der Waals surface area (Å²) >= 11 is 0. The summed E-state index contributed by atoms with van der Waals surface area (Å²) in [4.78, 5) is 4.64. The highest BCUT2D eigenvalue weighted by Gasteiger charge is 2.59. The molecule has 0 radical (unpaired) electrons. The molecule has 1 spiro atoms. The van der Waals surface area contributed by atoms with Crippen LogP contribution < -0.4 is 15.8 Å². The zero-order valence-corrected chi connectivity index (χ0v) is 16.5. The quantitative estimate of drug-likeness (QED) is 0.413. The summed E-state index contributed by atoms with van der Waals surface area (Å²) in [6.07, 6.45) is 3.03. The molecule has 0 bridgehead atoms. The van der Waals surface area contributed by atoms with E-state index in [1.807, 2.05) is 31.2 Å². The van der Waals surface area contributed by atoms with Crippen LogP contribution in [0.3, 0.4) is 0 Å². The molecule has 134 valence electrons. The van der Waals surface area contributed by atoms with E-state index >= 15 is 0 Å². The smallest absolute Gasteiger partial charge is 0.193 e. The largest absolute Gasteiger partial charge is 0.497 e. The Kier molecular flexibility index (Phi) is 6.70. The second-order valence-electron chi connectivity index (χ2n) is 5.97. The number of nitrogens with two attached hydrogens (primary N) is 1. The van der Waals surface area contributed by atoms with Gasteiger partial charge in [-0.2, -0.15) is 0 Å². The van der Waals surface area contributed by atoms with E-state index in [1.54, 1.807) is 7.11 Å². The molecular weight excluding hydrogens is 421 g/mol. The molecule has 2 aliphatic rings. The van der Waals surface area contributed by atoms with Crippen molar-refractivity contribution in [3.8, 4) is 5.75 Å². The highest BCUT2D eigenvalue weighted by molar-refractivity contribution is 14.0. The van der Waals surface area contributed by atoms with E-state index in [0.717, 1.165) is 37.3 Å². The lowest BCUT2D eigenvalue weighted by molar-refractivity contribution is -0.188. The average Bonchev–Trinajstić information content (AvgIpc) is 3.07. The maximum Gasteiger partial charge on any atom is 0.193 e. The molecule has 0 aromatic heterocycles. The molecule has 1 saturated heterocycles. The summed E-state index contributed by atoms with van der Waals surface area (Å²) in [5, 5.41) is 3.12. The molecule has 2 fully saturated rings. The molecule has 1 aliphatic heterocycles. The van der Waals surface area contributed by atoms with Crippen molar-refractivity contribution in [1.29, 1.82) is 0 Å². The maximum atomic E-state index is 6.08. The molecule has 3 atom stereocenters. The molecule has 3 unspecified atom stereocenters. The van der Waals surface area contributed by atoms with Crippen LogP contribution in [0, 0.1) is 0 Å². The van der Waals surface area contributed by atoms with Crippen LogP contribution in [0.1, 0.15) is 26.2 Å². The van der Waals surface area contributed by atoms with E-state index in [4.69, 9.17) is 19.9 Å². The summed E-state index contributed by atoms with van der Waals surface area (Å²) in [6.45, 7) is 3.49. The number of guanidine groups is 1. The Labute approximate surface area is 160 Å². The Hall–Kier alpha value is -1.06. The van der Waals surface area contributed by atoms with Crippen molar-refractivity contribution in [1.82, 2.24) is 0 Å². The SMILES string of the molecule is CCOC1CC(N=C(N)Nc2cccc(OC)c2)C12CCCO2.I. The van der Waals surface area contributed by atoms with Crippen LogP contribution in [0.5, 0.6) is 5.75 Å². The molecule has 6 nitrogen and oxygen atoms in total. The first-order chi connectivity index (χ1) is 11.2. The summed E-state index contributed by atoms with van der Waals surface area (Å²) in [7, 11) is 1.64. The summed E-state index contributed by atoms with van der Waals surface area (Å²) in [5.74, 6) is 1.17. The van der Waals surface area contributed by atoms with Crippen molar-refractivity contribution in [3.63, 3.8) is 0 Å². The molecule has 3 N–H and O–H groups in total. The molecule has 1 aromatic carbocycles. The Balaban J connectivity index is 0.00000208. The fourth-order valence-corrected chi connectivity index (χ4v) is 3.48. The monoisotopic (exact) mass is 447 g/mol. The van der Waals surface area contributed by atoms with E-state index in [0.29, 0.717) is 12.6 Å². The van der Waals surface area contributed by atoms with Crippen LogP contribution in [0.2, 0.25) is 0 Å². The predicted molar refractivity (Wildman–Crippen MR) is 105 cm³/mol. The zero-order chi connectivity index (χ0) is 16.3. The number of ether oxygens (including phenoxy) is 3. The minimum atomic E-state index is -0.281. The Morgan fingerprint density at radius 2 is 2.33 bits per heavy atom. The van der Waals surface area contributed by atoms with Crippen LogP contribution in [0.4, 0.5) is 5.69 Å². The number of benzene rings is 1. The zero-order valence-electron chi connectivity index (χ0n) is 14.2. The fourth-order valence-electron chi connectivity index (χ4n) is 3.48. The Morgan fingerprint density at radius 1 is 1.50 bits per heavy atom. The number of anilines is 1. The van der Waals surface area contributed by atoms with E-state index in [9.17, 15) is 0 Å². The standard InChI is InChI=1S/C17H25N3O3.HI/c1-3-22-15-11-14(17(15)8-5-9-23-17)20-16(18)19-12-6-4-7-13(10-12)21-2;/h4,6-7,10,14-15H,3,5,8-9,11H2,1-2H3,(H3,18,19,20);1H. The third-order valence-electron chi connectivity index (χ3n) is 4.63. The van der Waals surface area contributed by atoms with Crippen LogP contribution in [0.25, 0.3) is 0 Å². The van der Waals surface area contributed by atoms with Gasteiger partial charge >= 0.3 is 0 Å². The second-order valence-corrected chi connectivity index (χ2v) is 5.97. The fraction of sp³-hybridized carbons (Fsp3) is 0.588. The van der Waals surface area contributed by atoms with Gasteiger partial charge in [-0.15, -0.1) is 24.0 Å². The van der Waals surface area contributed by atoms with Gasteiger partial charge in [0.1, 0.15) is 11.4 Å². The van der Waals surface area contributed by atoms with Crippen molar-refractivity contribution >= 4 is 35.6 Å². The van der Waals surface area contributed by atoms with E-state index in [2.05, 4.69) is 10.3 Å². The van der Waals surface area contributed by atoms with Gasteiger partial charge in [0.2, 0.25) is 0 Å². The van der Waals surface area contributed by atoms with Crippen LogP contribution in [-0.2, 0) is 9.47 Å². The van der Waals surface area contributed by atoms with E-state index in [1.165, 1.54) is 0 Å². The van der Waals surface area contributed by atoms with Crippen molar-refractivity contribution in [2.24, 2.45) is 10.7 Å². The first-order valence-corrected chi connectivity index (χ1v) is 8.18. The van der Waals surface area contributed by atoms with E-state index in [-0.39, 0.29) is 41.7 Å². The van der Waals surface area contributed by atoms with Crippen LogP contribution in [-0.4, -0.2) is 44.0 Å². The van der Waals surface area contributed by atoms with Crippen molar-refractivity contribution in [3.05, 3.63) is 24.3 Å². The van der Waals surface area contributed by atoms with Gasteiger partial charge in [0.15, 0.2) is 5.96 Å². The van der Waals surface area contributed by atoms with Gasteiger partial charge in [0, 0.05) is 31.4 Å². The van der Waals surface area contributed by atoms with Gasteiger partial charge in [-0.1, -0.05) is 6.07 Å². The normalized spacial score (nSPS) is 29.0. The summed E-state index contributed by atoms with van der Waals surface area (Å²) < 4.78 is 17.0. The number of hydrogen-bond acceptors (Lipinski definition) is 4. The molecular formula is C17H26IN3O3. The second kappa shape index (κ2) is 8.35. The molecule has 24 heavy (non-hydrogen) atoms. The predicted octanol–water partition coefficient (Wildman–Crippen LogP) is 2.77. The highest BCUT2D eigenvalue weighted by atomic mass is 127. The molecule has 7 heteroatoms. The van der Waals surface area contributed by atoms with Gasteiger partial charge in [0.25, 0.3) is 0 Å². The number of nitrogens with one attached hydrogen (secondary N) is 1. The van der Waals surface area contributed by atoms with Gasteiger partial charge in [-0.25, -0.2) is 4.99 Å². The van der Waals surface area contributed by atoms with Crippen molar-refractivity contribution in [2.75, 3.05) is 25.6 Å². The topological polar surface area (TPSA) is 78.1 Å². The highest BCUT2D eigenvalue weighted by Crippen LogP contribution is 2.47. The van der Waals surface area contributed by atoms with Gasteiger partial charge < -0.3 is 25.3 Å². The number of aliphatic imine (C=N–C) groups is 1.